The van der Waals surface area contributed by atoms with Crippen LogP contribution in [0.4, 0.5) is 0 Å². The van der Waals surface area contributed by atoms with E-state index in [4.69, 9.17) is 4.74 Å². The van der Waals surface area contributed by atoms with Gasteiger partial charge in [0.2, 0.25) is 10.4 Å². The summed E-state index contributed by atoms with van der Waals surface area (Å²) in [6.45, 7) is 4.26. The first kappa shape index (κ1) is 39.4. The van der Waals surface area contributed by atoms with Gasteiger partial charge < -0.3 is 9.29 Å². The summed E-state index contributed by atoms with van der Waals surface area (Å²) in [6, 6.07) is 6.33. The summed E-state index contributed by atoms with van der Waals surface area (Å²) in [5.74, 6) is 0.770. The van der Waals surface area contributed by atoms with Gasteiger partial charge in [-0.05, 0) is 42.9 Å². The largest absolute Gasteiger partial charge is 1.00 e. The van der Waals surface area contributed by atoms with Crippen LogP contribution in [0.3, 0.4) is 0 Å². The molecule has 7 heteroatoms. The second-order valence-corrected chi connectivity index (χ2v) is 9.82. The maximum absolute atomic E-state index is 10.6. The minimum absolute atomic E-state index is 0. The van der Waals surface area contributed by atoms with Crippen molar-refractivity contribution in [2.24, 2.45) is 0 Å². The number of benzene rings is 1. The van der Waals surface area contributed by atoms with Gasteiger partial charge in [-0.15, -0.1) is 0 Å². The van der Waals surface area contributed by atoms with Crippen molar-refractivity contribution in [3.63, 3.8) is 0 Å². The van der Waals surface area contributed by atoms with E-state index in [1.807, 2.05) is 6.07 Å². The number of ether oxygens (including phenoxy) is 1. The SMILES string of the molecule is C.C.CCCCCCCCCc1ccc(OCCOS(=O)(=O)[O-])c(CCCCCCCCC)c1.[Na+]. The Morgan fingerprint density at radius 1 is 0.714 bits per heavy atom. The maximum atomic E-state index is 10.6. The first-order chi connectivity index (χ1) is 15.5. The van der Waals surface area contributed by atoms with Crippen LogP contribution in [0.15, 0.2) is 18.2 Å². The van der Waals surface area contributed by atoms with Gasteiger partial charge in [-0.2, -0.15) is 0 Å². The van der Waals surface area contributed by atoms with Crippen molar-refractivity contribution in [3.05, 3.63) is 29.3 Å². The molecule has 0 aliphatic heterocycles. The smallest absolute Gasteiger partial charge is 0.726 e. The van der Waals surface area contributed by atoms with Gasteiger partial charge in [-0.3, -0.25) is 4.18 Å². The standard InChI is InChI=1S/C26H46O5S.2CH4.Na/c1-3-5-7-9-11-13-15-17-24-19-20-26(30-21-22-31-32(27,28)29)25(23-24)18-16-14-12-10-8-6-4-2;;;/h19-20,23H,3-18,21-22H2,1-2H3,(H,27,28,29);2*1H4;/q;;;+1/p-1. The zero-order valence-corrected chi connectivity index (χ0v) is 24.2. The molecule has 0 N–H and O–H groups in total. The predicted molar refractivity (Wildman–Crippen MR) is 144 cm³/mol. The molecule has 0 aliphatic carbocycles. The van der Waals surface area contributed by atoms with Crippen molar-refractivity contribution in [3.8, 4) is 5.75 Å². The summed E-state index contributed by atoms with van der Waals surface area (Å²) in [5, 5.41) is 0. The summed E-state index contributed by atoms with van der Waals surface area (Å²) >= 11 is 0. The van der Waals surface area contributed by atoms with Crippen molar-refractivity contribution < 1.29 is 51.4 Å². The van der Waals surface area contributed by atoms with Crippen LogP contribution < -0.4 is 34.3 Å². The van der Waals surface area contributed by atoms with Crippen LogP contribution in [0.1, 0.15) is 130 Å². The zero-order valence-electron chi connectivity index (χ0n) is 21.4. The van der Waals surface area contributed by atoms with E-state index in [9.17, 15) is 13.0 Å². The van der Waals surface area contributed by atoms with E-state index in [-0.39, 0.29) is 57.6 Å². The fraction of sp³-hybridized carbons (Fsp3) is 0.786. The fourth-order valence-electron chi connectivity index (χ4n) is 3.97. The van der Waals surface area contributed by atoms with E-state index in [2.05, 4.69) is 30.2 Å². The van der Waals surface area contributed by atoms with E-state index in [0.29, 0.717) is 0 Å². The molecule has 0 unspecified atom stereocenters. The quantitative estimate of drug-likeness (QED) is 0.0931. The Balaban J connectivity index is -0.00000341. The Kier molecular flexibility index (Phi) is 28.7. The second kappa shape index (κ2) is 25.5. The molecule has 5 nitrogen and oxygen atoms in total. The molecule has 1 rings (SSSR count). The van der Waals surface area contributed by atoms with Gasteiger partial charge in [0.05, 0.1) is 6.61 Å². The minimum atomic E-state index is -4.67. The van der Waals surface area contributed by atoms with Crippen LogP contribution in [0.25, 0.3) is 0 Å². The summed E-state index contributed by atoms with van der Waals surface area (Å²) in [6.07, 6.45) is 20.0. The van der Waals surface area contributed by atoms with Crippen molar-refractivity contribution in [1.29, 1.82) is 0 Å². The Labute approximate surface area is 240 Å². The van der Waals surface area contributed by atoms with Gasteiger partial charge in [0, 0.05) is 0 Å². The van der Waals surface area contributed by atoms with Crippen LogP contribution in [-0.4, -0.2) is 26.2 Å². The molecular formula is C28H53NaO5S. The molecule has 0 heterocycles. The monoisotopic (exact) mass is 524 g/mol. The number of rotatable bonds is 21. The molecule has 0 saturated heterocycles. The summed E-state index contributed by atoms with van der Waals surface area (Å²) in [5.41, 5.74) is 2.51. The number of aryl methyl sites for hydroxylation is 2. The second-order valence-electron chi connectivity index (χ2n) is 8.76. The van der Waals surface area contributed by atoms with Crippen molar-refractivity contribution in [2.75, 3.05) is 13.2 Å². The summed E-state index contributed by atoms with van der Waals surface area (Å²) in [4.78, 5) is 0. The minimum Gasteiger partial charge on any atom is -0.726 e. The number of hydrogen-bond acceptors (Lipinski definition) is 5. The van der Waals surface area contributed by atoms with E-state index in [1.165, 1.54) is 94.6 Å². The first-order valence-electron chi connectivity index (χ1n) is 12.8. The molecule has 0 amide bonds. The van der Waals surface area contributed by atoms with Gasteiger partial charge >= 0.3 is 29.6 Å². The number of hydrogen-bond donors (Lipinski definition) is 0. The Morgan fingerprint density at radius 2 is 1.20 bits per heavy atom. The van der Waals surface area contributed by atoms with Gasteiger partial charge in [0.1, 0.15) is 12.4 Å². The van der Waals surface area contributed by atoms with Crippen LogP contribution >= 0.6 is 0 Å². The summed E-state index contributed by atoms with van der Waals surface area (Å²) < 4.78 is 41.8. The molecule has 1 aromatic carbocycles. The van der Waals surface area contributed by atoms with E-state index >= 15 is 0 Å². The van der Waals surface area contributed by atoms with Gasteiger partial charge in [-0.25, -0.2) is 8.42 Å². The van der Waals surface area contributed by atoms with Crippen molar-refractivity contribution in [1.82, 2.24) is 0 Å². The topological polar surface area (TPSA) is 75.7 Å². The molecule has 0 radical (unpaired) electrons. The molecule has 0 aliphatic rings. The molecule has 1 aromatic rings. The van der Waals surface area contributed by atoms with Crippen LogP contribution in [-0.2, 0) is 27.4 Å². The van der Waals surface area contributed by atoms with Gasteiger partial charge in [0.25, 0.3) is 0 Å². The van der Waals surface area contributed by atoms with E-state index in [1.54, 1.807) is 0 Å². The molecule has 35 heavy (non-hydrogen) atoms. The third-order valence-corrected chi connectivity index (χ3v) is 6.27. The molecular weight excluding hydrogens is 471 g/mol. The predicted octanol–water partition coefficient (Wildman–Crippen LogP) is 5.40. The molecule has 0 bridgehead atoms. The average molecular weight is 525 g/mol. The molecule has 0 aromatic heterocycles. The Morgan fingerprint density at radius 3 is 1.71 bits per heavy atom. The molecule has 0 saturated carbocycles. The van der Waals surface area contributed by atoms with Crippen molar-refractivity contribution in [2.45, 2.75) is 131 Å². The Hall–Kier alpha value is -0.110. The first-order valence-corrected chi connectivity index (χ1v) is 14.1. The number of unbranched alkanes of at least 4 members (excludes halogenated alkanes) is 12. The van der Waals surface area contributed by atoms with Crippen LogP contribution in [0.5, 0.6) is 5.75 Å². The third-order valence-electron chi connectivity index (χ3n) is 5.81. The third kappa shape index (κ3) is 22.8. The molecule has 0 spiro atoms. The maximum Gasteiger partial charge on any atom is 1.00 e. The fourth-order valence-corrected chi connectivity index (χ4v) is 4.24. The van der Waals surface area contributed by atoms with Crippen LogP contribution in [0, 0.1) is 0 Å². The summed E-state index contributed by atoms with van der Waals surface area (Å²) in [7, 11) is -4.67. The van der Waals surface area contributed by atoms with Crippen LogP contribution in [0.2, 0.25) is 0 Å². The van der Waals surface area contributed by atoms with Gasteiger partial charge in [0.15, 0.2) is 0 Å². The van der Waals surface area contributed by atoms with Crippen molar-refractivity contribution >= 4 is 10.4 Å². The van der Waals surface area contributed by atoms with Gasteiger partial charge in [-0.1, -0.05) is 118 Å². The Bertz CT molecular complexity index is 695. The molecule has 0 atom stereocenters. The normalized spacial score (nSPS) is 10.7. The van der Waals surface area contributed by atoms with E-state index in [0.717, 1.165) is 25.0 Å². The average Bonchev–Trinajstić information content (AvgIpc) is 2.75. The zero-order chi connectivity index (χ0) is 23.5. The molecule has 202 valence electrons. The van der Waals surface area contributed by atoms with E-state index < -0.39 is 10.4 Å². The molecule has 0 fully saturated rings.